The van der Waals surface area contributed by atoms with E-state index in [4.69, 9.17) is 18.9 Å². The van der Waals surface area contributed by atoms with Gasteiger partial charge in [0.15, 0.2) is 23.1 Å². The van der Waals surface area contributed by atoms with Crippen LogP contribution in [0.5, 0.6) is 17.2 Å². The summed E-state index contributed by atoms with van der Waals surface area (Å²) in [5.74, 6) is -1.82. The molecule has 1 atom stereocenters. The van der Waals surface area contributed by atoms with Gasteiger partial charge in [0, 0.05) is 31.7 Å². The minimum Gasteiger partial charge on any atom is -0.507 e. The van der Waals surface area contributed by atoms with Crippen molar-refractivity contribution >= 4 is 17.4 Å². The van der Waals surface area contributed by atoms with E-state index in [1.807, 2.05) is 0 Å². The van der Waals surface area contributed by atoms with Gasteiger partial charge in [0.25, 0.3) is 11.7 Å². The predicted octanol–water partition coefficient (Wildman–Crippen LogP) is 3.38. The number of aliphatic hydroxyl groups excluding tert-OH is 1. The SMILES string of the molecule is COc1ccc([C@H]2/C(=C(\O)c3ccc(OC(C)C)c(F)c3)C(=O)C(=O)N2CCN2CCOCC2)cc1OC. The maximum Gasteiger partial charge on any atom is 0.295 e. The Morgan fingerprint density at radius 3 is 2.34 bits per heavy atom. The Balaban J connectivity index is 1.77. The number of hydrogen-bond donors (Lipinski definition) is 1. The minimum absolute atomic E-state index is 0.0268. The lowest BCUT2D eigenvalue weighted by atomic mass is 9.95. The molecule has 2 saturated heterocycles. The molecule has 0 spiro atoms. The number of likely N-dealkylation sites (tertiary alicyclic amines) is 1. The first kappa shape index (κ1) is 27.4. The molecule has 10 heteroatoms. The number of carbonyl (C=O) groups excluding carboxylic acids is 2. The number of Topliss-reactive ketones (excluding diaryl/α,β-unsaturated/α-hetero) is 1. The summed E-state index contributed by atoms with van der Waals surface area (Å²) in [7, 11) is 2.99. The van der Waals surface area contributed by atoms with Gasteiger partial charge in [-0.2, -0.15) is 0 Å². The molecule has 1 amide bonds. The second-order valence-corrected chi connectivity index (χ2v) is 9.37. The Kier molecular flexibility index (Phi) is 8.53. The molecular formula is C28H33FN2O7. The van der Waals surface area contributed by atoms with Gasteiger partial charge in [-0.1, -0.05) is 6.07 Å². The summed E-state index contributed by atoms with van der Waals surface area (Å²) >= 11 is 0. The maximum atomic E-state index is 14.8. The number of aliphatic hydroxyl groups is 1. The molecule has 2 aromatic carbocycles. The molecule has 4 rings (SSSR count). The number of carbonyl (C=O) groups is 2. The summed E-state index contributed by atoms with van der Waals surface area (Å²) in [6.45, 7) is 6.94. The third kappa shape index (κ3) is 5.61. The molecule has 204 valence electrons. The summed E-state index contributed by atoms with van der Waals surface area (Å²) in [6.07, 6.45) is -0.245. The number of ether oxygens (including phenoxy) is 4. The highest BCUT2D eigenvalue weighted by Gasteiger charge is 2.46. The van der Waals surface area contributed by atoms with Crippen LogP contribution >= 0.6 is 0 Å². The second-order valence-electron chi connectivity index (χ2n) is 9.37. The number of methoxy groups -OCH3 is 2. The van der Waals surface area contributed by atoms with Crippen LogP contribution in [-0.4, -0.2) is 86.3 Å². The van der Waals surface area contributed by atoms with Crippen molar-refractivity contribution in [2.75, 3.05) is 53.6 Å². The number of benzene rings is 2. The van der Waals surface area contributed by atoms with E-state index in [-0.39, 0.29) is 29.5 Å². The number of morpholine rings is 1. The molecule has 0 aromatic heterocycles. The Morgan fingerprint density at radius 1 is 1.03 bits per heavy atom. The highest BCUT2D eigenvalue weighted by atomic mass is 19.1. The fraction of sp³-hybridized carbons (Fsp3) is 0.429. The van der Waals surface area contributed by atoms with Crippen LogP contribution in [0.3, 0.4) is 0 Å². The Morgan fingerprint density at radius 2 is 1.71 bits per heavy atom. The van der Waals surface area contributed by atoms with Crippen molar-refractivity contribution < 1.29 is 38.0 Å². The molecule has 1 N–H and O–H groups in total. The van der Waals surface area contributed by atoms with Gasteiger partial charge in [-0.3, -0.25) is 14.5 Å². The van der Waals surface area contributed by atoms with Crippen molar-refractivity contribution in [3.8, 4) is 17.2 Å². The molecule has 2 aliphatic heterocycles. The summed E-state index contributed by atoms with van der Waals surface area (Å²) in [5, 5.41) is 11.3. The van der Waals surface area contributed by atoms with Gasteiger partial charge in [0.05, 0.1) is 45.2 Å². The predicted molar refractivity (Wildman–Crippen MR) is 138 cm³/mol. The molecule has 2 aliphatic rings. The summed E-state index contributed by atoms with van der Waals surface area (Å²) in [4.78, 5) is 30.2. The first-order chi connectivity index (χ1) is 18.2. The van der Waals surface area contributed by atoms with E-state index >= 15 is 0 Å². The first-order valence-electron chi connectivity index (χ1n) is 12.5. The summed E-state index contributed by atoms with van der Waals surface area (Å²) in [6, 6.07) is 8.10. The lowest BCUT2D eigenvalue weighted by Gasteiger charge is -2.31. The highest BCUT2D eigenvalue weighted by Crippen LogP contribution is 2.42. The molecule has 2 aromatic rings. The monoisotopic (exact) mass is 528 g/mol. The Bertz CT molecular complexity index is 1220. The van der Waals surface area contributed by atoms with Gasteiger partial charge in [0.1, 0.15) is 5.76 Å². The minimum atomic E-state index is -0.912. The van der Waals surface area contributed by atoms with Crippen molar-refractivity contribution in [1.29, 1.82) is 0 Å². The summed E-state index contributed by atoms with van der Waals surface area (Å²) in [5.41, 5.74) is 0.488. The third-order valence-electron chi connectivity index (χ3n) is 6.59. The van der Waals surface area contributed by atoms with Crippen LogP contribution in [0.25, 0.3) is 5.76 Å². The van der Waals surface area contributed by atoms with Gasteiger partial charge in [-0.25, -0.2) is 4.39 Å². The second kappa shape index (κ2) is 11.8. The first-order valence-corrected chi connectivity index (χ1v) is 12.5. The van der Waals surface area contributed by atoms with E-state index in [0.29, 0.717) is 36.8 Å². The fourth-order valence-electron chi connectivity index (χ4n) is 4.71. The van der Waals surface area contributed by atoms with Gasteiger partial charge in [0.2, 0.25) is 0 Å². The quantitative estimate of drug-likeness (QED) is 0.301. The number of halogens is 1. The average Bonchev–Trinajstić information content (AvgIpc) is 3.17. The molecule has 9 nitrogen and oxygen atoms in total. The van der Waals surface area contributed by atoms with Crippen LogP contribution in [0.4, 0.5) is 4.39 Å². The number of rotatable bonds is 9. The molecule has 0 unspecified atom stereocenters. The average molecular weight is 529 g/mol. The van der Waals surface area contributed by atoms with Gasteiger partial charge in [-0.15, -0.1) is 0 Å². The van der Waals surface area contributed by atoms with Crippen LogP contribution in [-0.2, 0) is 14.3 Å². The normalized spacial score (nSPS) is 19.7. The third-order valence-corrected chi connectivity index (χ3v) is 6.59. The lowest BCUT2D eigenvalue weighted by Crippen LogP contribution is -2.42. The zero-order valence-electron chi connectivity index (χ0n) is 22.0. The largest absolute Gasteiger partial charge is 0.507 e. The fourth-order valence-corrected chi connectivity index (χ4v) is 4.71. The van der Waals surface area contributed by atoms with Gasteiger partial charge < -0.3 is 29.0 Å². The molecule has 0 bridgehead atoms. The molecule has 2 fully saturated rings. The van der Waals surface area contributed by atoms with Gasteiger partial charge >= 0.3 is 0 Å². The van der Waals surface area contributed by atoms with Crippen LogP contribution in [0.1, 0.15) is 31.0 Å². The van der Waals surface area contributed by atoms with Crippen molar-refractivity contribution in [2.24, 2.45) is 0 Å². The van der Waals surface area contributed by atoms with E-state index in [9.17, 15) is 19.1 Å². The molecule has 0 aliphatic carbocycles. The standard InChI is InChI=1S/C28H33FN2O7/c1-17(2)38-21-7-6-19(15-20(21)29)26(32)24-25(18-5-8-22(35-3)23(16-18)36-4)31(28(34)27(24)33)10-9-30-11-13-37-14-12-30/h5-8,15-17,25,32H,9-14H2,1-4H3/b26-24+/t25-/m0/s1. The summed E-state index contributed by atoms with van der Waals surface area (Å²) < 4.78 is 36.4. The lowest BCUT2D eigenvalue weighted by molar-refractivity contribution is -0.140. The van der Waals surface area contributed by atoms with Crippen molar-refractivity contribution in [2.45, 2.75) is 26.0 Å². The Hall–Kier alpha value is -3.63. The van der Waals surface area contributed by atoms with E-state index < -0.39 is 29.3 Å². The molecular weight excluding hydrogens is 495 g/mol. The van der Waals surface area contributed by atoms with Gasteiger partial charge in [-0.05, 0) is 49.7 Å². The van der Waals surface area contributed by atoms with E-state index in [2.05, 4.69) is 4.90 Å². The van der Waals surface area contributed by atoms with Crippen LogP contribution in [0, 0.1) is 5.82 Å². The van der Waals surface area contributed by atoms with Crippen LogP contribution in [0.15, 0.2) is 42.0 Å². The number of ketones is 1. The van der Waals surface area contributed by atoms with Crippen LogP contribution < -0.4 is 14.2 Å². The van der Waals surface area contributed by atoms with E-state index in [0.717, 1.165) is 19.2 Å². The number of amides is 1. The van der Waals surface area contributed by atoms with Crippen molar-refractivity contribution in [1.82, 2.24) is 9.80 Å². The highest BCUT2D eigenvalue weighted by molar-refractivity contribution is 6.46. The molecule has 38 heavy (non-hydrogen) atoms. The molecule has 0 saturated carbocycles. The zero-order valence-corrected chi connectivity index (χ0v) is 22.0. The van der Waals surface area contributed by atoms with Crippen LogP contribution in [0.2, 0.25) is 0 Å². The van der Waals surface area contributed by atoms with E-state index in [1.54, 1.807) is 32.0 Å². The van der Waals surface area contributed by atoms with Crippen molar-refractivity contribution in [3.05, 3.63) is 58.9 Å². The Labute approximate surface area is 221 Å². The topological polar surface area (TPSA) is 97.8 Å². The van der Waals surface area contributed by atoms with Crippen molar-refractivity contribution in [3.63, 3.8) is 0 Å². The number of nitrogens with zero attached hydrogens (tertiary/aromatic N) is 2. The maximum absolute atomic E-state index is 14.8. The van der Waals surface area contributed by atoms with E-state index in [1.165, 1.54) is 31.3 Å². The smallest absolute Gasteiger partial charge is 0.295 e. The molecule has 2 heterocycles. The number of hydrogen-bond acceptors (Lipinski definition) is 8. The zero-order chi connectivity index (χ0) is 27.4. The molecule has 0 radical (unpaired) electrons.